The van der Waals surface area contributed by atoms with Crippen LogP contribution in [0.25, 0.3) is 0 Å². The van der Waals surface area contributed by atoms with Crippen LogP contribution in [-0.4, -0.2) is 32.0 Å². The average Bonchev–Trinajstić information content (AvgIpc) is 2.09. The van der Waals surface area contributed by atoms with Crippen molar-refractivity contribution < 1.29 is 8.42 Å². The second-order valence-corrected chi connectivity index (χ2v) is 7.75. The monoisotopic (exact) mass is 235 g/mol. The van der Waals surface area contributed by atoms with Crippen molar-refractivity contribution in [2.24, 2.45) is 0 Å². The van der Waals surface area contributed by atoms with E-state index in [9.17, 15) is 8.42 Å². The van der Waals surface area contributed by atoms with Crippen molar-refractivity contribution in [3.05, 3.63) is 0 Å². The molecule has 0 heterocycles. The Hall–Kier alpha value is -0.0900. The van der Waals surface area contributed by atoms with Gasteiger partial charge in [-0.1, -0.05) is 19.8 Å². The van der Waals surface area contributed by atoms with Crippen molar-refractivity contribution in [1.82, 2.24) is 5.32 Å². The van der Waals surface area contributed by atoms with Crippen LogP contribution in [0.5, 0.6) is 0 Å². The first-order chi connectivity index (χ1) is 6.81. The number of hydrogen-bond donors (Lipinski definition) is 1. The summed E-state index contributed by atoms with van der Waals surface area (Å²) in [6.45, 7) is 8.90. The number of hydrogen-bond acceptors (Lipinski definition) is 3. The van der Waals surface area contributed by atoms with E-state index < -0.39 is 14.6 Å². The number of sulfone groups is 1. The summed E-state index contributed by atoms with van der Waals surface area (Å²) in [6, 6.07) is 0. The fourth-order valence-electron chi connectivity index (χ4n) is 1.14. The van der Waals surface area contributed by atoms with Crippen LogP contribution >= 0.6 is 0 Å². The maximum absolute atomic E-state index is 11.7. The zero-order valence-electron chi connectivity index (χ0n) is 10.5. The van der Waals surface area contributed by atoms with Crippen molar-refractivity contribution in [3.63, 3.8) is 0 Å². The molecule has 4 heteroatoms. The van der Waals surface area contributed by atoms with Crippen molar-refractivity contribution >= 4 is 9.84 Å². The van der Waals surface area contributed by atoms with E-state index in [0.717, 1.165) is 13.0 Å². The molecule has 15 heavy (non-hydrogen) atoms. The van der Waals surface area contributed by atoms with Gasteiger partial charge in [0.1, 0.15) is 0 Å². The summed E-state index contributed by atoms with van der Waals surface area (Å²) in [5, 5.41) is 3.17. The van der Waals surface area contributed by atoms with Gasteiger partial charge in [-0.15, -0.1) is 0 Å². The molecule has 0 aromatic carbocycles. The van der Waals surface area contributed by atoms with Crippen molar-refractivity contribution in [1.29, 1.82) is 0 Å². The van der Waals surface area contributed by atoms with Gasteiger partial charge in [0.2, 0.25) is 0 Å². The maximum Gasteiger partial charge on any atom is 0.156 e. The highest BCUT2D eigenvalue weighted by atomic mass is 32.2. The lowest BCUT2D eigenvalue weighted by Crippen LogP contribution is -2.34. The molecule has 0 aliphatic heterocycles. The van der Waals surface area contributed by atoms with E-state index in [4.69, 9.17) is 0 Å². The van der Waals surface area contributed by atoms with Crippen LogP contribution in [0.2, 0.25) is 0 Å². The number of rotatable bonds is 7. The highest BCUT2D eigenvalue weighted by molar-refractivity contribution is 7.92. The largest absolute Gasteiger partial charge is 0.316 e. The molecule has 0 aliphatic carbocycles. The van der Waals surface area contributed by atoms with Crippen LogP contribution in [0.1, 0.15) is 47.0 Å². The summed E-state index contributed by atoms with van der Waals surface area (Å²) < 4.78 is 22.8. The van der Waals surface area contributed by atoms with E-state index in [0.29, 0.717) is 6.54 Å². The summed E-state index contributed by atoms with van der Waals surface area (Å²) in [6.07, 6.45) is 3.53. The Morgan fingerprint density at radius 3 is 2.13 bits per heavy atom. The molecule has 0 unspecified atom stereocenters. The van der Waals surface area contributed by atoms with Crippen LogP contribution in [0.4, 0.5) is 0 Å². The molecule has 0 saturated heterocycles. The molecule has 1 N–H and O–H groups in total. The predicted molar refractivity (Wildman–Crippen MR) is 65.9 cm³/mol. The Balaban J connectivity index is 3.69. The van der Waals surface area contributed by atoms with Crippen LogP contribution in [0.15, 0.2) is 0 Å². The van der Waals surface area contributed by atoms with Crippen molar-refractivity contribution in [3.8, 4) is 0 Å². The van der Waals surface area contributed by atoms with Gasteiger partial charge in [-0.25, -0.2) is 8.42 Å². The summed E-state index contributed by atoms with van der Waals surface area (Å²) in [5.74, 6) is 0.239. The van der Waals surface area contributed by atoms with Gasteiger partial charge in [0.25, 0.3) is 0 Å². The highest BCUT2D eigenvalue weighted by Crippen LogP contribution is 2.15. The molecular weight excluding hydrogens is 210 g/mol. The van der Waals surface area contributed by atoms with Crippen LogP contribution in [0.3, 0.4) is 0 Å². The topological polar surface area (TPSA) is 46.2 Å². The summed E-state index contributed by atoms with van der Waals surface area (Å²) in [4.78, 5) is 0. The molecule has 92 valence electrons. The van der Waals surface area contributed by atoms with Crippen LogP contribution in [0, 0.1) is 0 Å². The number of unbranched alkanes of at least 4 members (excludes halogenated alkanes) is 2. The minimum Gasteiger partial charge on any atom is -0.316 e. The second-order valence-electron chi connectivity index (χ2n) is 4.89. The molecule has 0 rings (SSSR count). The maximum atomic E-state index is 11.7. The highest BCUT2D eigenvalue weighted by Gasteiger charge is 2.27. The summed E-state index contributed by atoms with van der Waals surface area (Å²) >= 11 is 0. The SMILES string of the molecule is CCCCCNCCS(=O)(=O)C(C)(C)C. The Bertz CT molecular complexity index is 252. The van der Waals surface area contributed by atoms with Gasteiger partial charge in [-0.2, -0.15) is 0 Å². The average molecular weight is 235 g/mol. The van der Waals surface area contributed by atoms with E-state index in [1.807, 2.05) is 0 Å². The normalized spacial score (nSPS) is 13.1. The van der Waals surface area contributed by atoms with E-state index in [1.165, 1.54) is 12.8 Å². The lowest BCUT2D eigenvalue weighted by Gasteiger charge is -2.19. The van der Waals surface area contributed by atoms with E-state index >= 15 is 0 Å². The van der Waals surface area contributed by atoms with E-state index in [1.54, 1.807) is 20.8 Å². The summed E-state index contributed by atoms with van der Waals surface area (Å²) in [5.41, 5.74) is 0. The van der Waals surface area contributed by atoms with Gasteiger partial charge in [-0.05, 0) is 33.7 Å². The van der Waals surface area contributed by atoms with E-state index in [2.05, 4.69) is 12.2 Å². The Kier molecular flexibility index (Phi) is 6.44. The first-order valence-corrected chi connectivity index (χ1v) is 7.39. The van der Waals surface area contributed by atoms with Gasteiger partial charge in [0, 0.05) is 6.54 Å². The number of nitrogens with one attached hydrogen (secondary N) is 1. The zero-order chi connectivity index (χ0) is 11.9. The molecule has 0 saturated carbocycles. The Labute approximate surface area is 94.6 Å². The van der Waals surface area contributed by atoms with Crippen molar-refractivity contribution in [2.75, 3.05) is 18.8 Å². The lowest BCUT2D eigenvalue weighted by atomic mass is 10.2. The third-order valence-electron chi connectivity index (χ3n) is 2.44. The van der Waals surface area contributed by atoms with Crippen LogP contribution < -0.4 is 5.32 Å². The molecule has 0 fully saturated rings. The molecule has 0 bridgehead atoms. The lowest BCUT2D eigenvalue weighted by molar-refractivity contribution is 0.554. The molecule has 0 aromatic rings. The fourth-order valence-corrected chi connectivity index (χ4v) is 2.16. The van der Waals surface area contributed by atoms with Gasteiger partial charge in [0.15, 0.2) is 9.84 Å². The van der Waals surface area contributed by atoms with Gasteiger partial charge < -0.3 is 5.32 Å². The quantitative estimate of drug-likeness (QED) is 0.686. The molecule has 0 spiro atoms. The third-order valence-corrected chi connectivity index (χ3v) is 5.05. The summed E-state index contributed by atoms with van der Waals surface area (Å²) in [7, 11) is -2.95. The Morgan fingerprint density at radius 2 is 1.67 bits per heavy atom. The van der Waals surface area contributed by atoms with Gasteiger partial charge >= 0.3 is 0 Å². The Morgan fingerprint density at radius 1 is 1.07 bits per heavy atom. The smallest absolute Gasteiger partial charge is 0.156 e. The predicted octanol–water partition coefficient (Wildman–Crippen LogP) is 1.98. The molecule has 3 nitrogen and oxygen atoms in total. The first-order valence-electron chi connectivity index (χ1n) is 5.74. The minimum absolute atomic E-state index is 0.239. The molecule has 0 aliphatic rings. The molecule has 0 atom stereocenters. The van der Waals surface area contributed by atoms with Crippen LogP contribution in [-0.2, 0) is 9.84 Å². The second kappa shape index (κ2) is 6.48. The first kappa shape index (κ1) is 14.9. The molecule has 0 radical (unpaired) electrons. The standard InChI is InChI=1S/C11H25NO2S/c1-5-6-7-8-12-9-10-15(13,14)11(2,3)4/h12H,5-10H2,1-4H3. The zero-order valence-corrected chi connectivity index (χ0v) is 11.3. The van der Waals surface area contributed by atoms with Gasteiger partial charge in [0.05, 0.1) is 10.5 Å². The molecule has 0 amide bonds. The van der Waals surface area contributed by atoms with Gasteiger partial charge in [-0.3, -0.25) is 0 Å². The van der Waals surface area contributed by atoms with E-state index in [-0.39, 0.29) is 5.75 Å². The molecule has 0 aromatic heterocycles. The van der Waals surface area contributed by atoms with Crippen molar-refractivity contribution in [2.45, 2.75) is 51.7 Å². The third kappa shape index (κ3) is 6.15. The minimum atomic E-state index is -2.95. The fraction of sp³-hybridized carbons (Fsp3) is 1.00. The molecular formula is C11H25NO2S.